The average molecular weight is 385 g/mol. The van der Waals surface area contributed by atoms with Gasteiger partial charge in [0.25, 0.3) is 0 Å². The molecule has 2 fully saturated rings. The van der Waals surface area contributed by atoms with Crippen molar-refractivity contribution in [2.75, 3.05) is 13.1 Å². The Morgan fingerprint density at radius 3 is 2.48 bits per heavy atom. The number of carbonyl (C=O) groups excluding carboxylic acids is 2. The summed E-state index contributed by atoms with van der Waals surface area (Å²) in [5.41, 5.74) is 2.80. The van der Waals surface area contributed by atoms with E-state index in [4.69, 9.17) is 11.6 Å². The summed E-state index contributed by atoms with van der Waals surface area (Å²) in [5, 5.41) is 0.717. The molecule has 0 aromatic heterocycles. The second-order valence-electron chi connectivity index (χ2n) is 8.09. The van der Waals surface area contributed by atoms with Gasteiger partial charge < -0.3 is 4.90 Å². The van der Waals surface area contributed by atoms with E-state index in [-0.39, 0.29) is 17.7 Å². The number of allylic oxidation sites excluding steroid dienone is 2. The summed E-state index contributed by atoms with van der Waals surface area (Å²) in [5.74, 6) is 0.334. The number of carbonyl (C=O) groups is 2. The molecule has 1 saturated heterocycles. The SMILES string of the molecule is CC(C)N1CCN(Cc2ccc(Cl)cc2)C2(CC3=CCC(=O)C=C3C2)C1=O. The molecule has 1 atom stereocenters. The predicted molar refractivity (Wildman–Crippen MR) is 106 cm³/mol. The minimum absolute atomic E-state index is 0.138. The molecule has 1 spiro atoms. The van der Waals surface area contributed by atoms with Crippen molar-refractivity contribution in [3.05, 3.63) is 58.1 Å². The molecule has 1 aromatic carbocycles. The number of hydrogen-bond donors (Lipinski definition) is 0. The van der Waals surface area contributed by atoms with Gasteiger partial charge in [-0.3, -0.25) is 14.5 Å². The highest BCUT2D eigenvalue weighted by Gasteiger charge is 2.54. The van der Waals surface area contributed by atoms with E-state index >= 15 is 0 Å². The third kappa shape index (κ3) is 3.26. The number of halogens is 1. The maximum atomic E-state index is 13.6. The topological polar surface area (TPSA) is 40.6 Å². The lowest BCUT2D eigenvalue weighted by Crippen LogP contribution is -2.65. The molecule has 1 aromatic rings. The molecule has 0 radical (unpaired) electrons. The van der Waals surface area contributed by atoms with Crippen molar-refractivity contribution in [2.45, 2.75) is 51.2 Å². The van der Waals surface area contributed by atoms with Gasteiger partial charge in [-0.1, -0.05) is 29.8 Å². The number of hydrogen-bond acceptors (Lipinski definition) is 3. The Morgan fingerprint density at radius 1 is 1.07 bits per heavy atom. The lowest BCUT2D eigenvalue weighted by atomic mass is 9.88. The van der Waals surface area contributed by atoms with Crippen LogP contribution in [-0.2, 0) is 16.1 Å². The number of fused-ring (bicyclic) bond motifs is 1. The van der Waals surface area contributed by atoms with Gasteiger partial charge in [-0.2, -0.15) is 0 Å². The third-order valence-electron chi connectivity index (χ3n) is 6.05. The van der Waals surface area contributed by atoms with Gasteiger partial charge in [0, 0.05) is 50.0 Å². The smallest absolute Gasteiger partial charge is 0.244 e. The van der Waals surface area contributed by atoms with Gasteiger partial charge in [0.15, 0.2) is 5.78 Å². The molecule has 1 unspecified atom stereocenters. The number of nitrogens with zero attached hydrogens (tertiary/aromatic N) is 2. The highest BCUT2D eigenvalue weighted by atomic mass is 35.5. The van der Waals surface area contributed by atoms with Gasteiger partial charge in [0.05, 0.1) is 0 Å². The molecule has 4 rings (SSSR count). The molecule has 0 bridgehead atoms. The summed E-state index contributed by atoms with van der Waals surface area (Å²) < 4.78 is 0. The molecular formula is C22H25ClN2O2. The second-order valence-corrected chi connectivity index (χ2v) is 8.53. The average Bonchev–Trinajstić information content (AvgIpc) is 3.00. The van der Waals surface area contributed by atoms with E-state index in [1.807, 2.05) is 35.2 Å². The number of amides is 1. The van der Waals surface area contributed by atoms with Crippen LogP contribution in [0.3, 0.4) is 0 Å². The Morgan fingerprint density at radius 2 is 1.78 bits per heavy atom. The molecule has 1 saturated carbocycles. The first-order valence-electron chi connectivity index (χ1n) is 9.62. The highest BCUT2D eigenvalue weighted by molar-refractivity contribution is 6.30. The van der Waals surface area contributed by atoms with E-state index in [0.29, 0.717) is 25.8 Å². The summed E-state index contributed by atoms with van der Waals surface area (Å²) in [7, 11) is 0. The quantitative estimate of drug-likeness (QED) is 0.796. The first kappa shape index (κ1) is 18.5. The molecule has 1 aliphatic heterocycles. The van der Waals surface area contributed by atoms with Crippen molar-refractivity contribution in [1.82, 2.24) is 9.80 Å². The molecule has 4 nitrogen and oxygen atoms in total. The Hall–Kier alpha value is -1.91. The van der Waals surface area contributed by atoms with E-state index in [2.05, 4.69) is 18.7 Å². The van der Waals surface area contributed by atoms with Crippen molar-refractivity contribution in [3.63, 3.8) is 0 Å². The Bertz CT molecular complexity index is 840. The summed E-state index contributed by atoms with van der Waals surface area (Å²) in [4.78, 5) is 29.8. The van der Waals surface area contributed by atoms with Crippen LogP contribution < -0.4 is 0 Å². The van der Waals surface area contributed by atoms with E-state index < -0.39 is 5.54 Å². The minimum atomic E-state index is -0.579. The number of rotatable bonds is 3. The van der Waals surface area contributed by atoms with Crippen molar-refractivity contribution in [1.29, 1.82) is 0 Å². The van der Waals surface area contributed by atoms with Crippen LogP contribution in [0.2, 0.25) is 5.02 Å². The summed E-state index contributed by atoms with van der Waals surface area (Å²) in [6.07, 6.45) is 5.55. The van der Waals surface area contributed by atoms with Crippen LogP contribution in [0.5, 0.6) is 0 Å². The fourth-order valence-corrected chi connectivity index (χ4v) is 4.72. The van der Waals surface area contributed by atoms with Crippen LogP contribution in [0.25, 0.3) is 0 Å². The normalized spacial score (nSPS) is 25.9. The van der Waals surface area contributed by atoms with E-state index in [1.165, 1.54) is 5.57 Å². The first-order valence-corrected chi connectivity index (χ1v) is 10.0. The lowest BCUT2D eigenvalue weighted by molar-refractivity contribution is -0.153. The Kier molecular flexibility index (Phi) is 4.73. The predicted octanol–water partition coefficient (Wildman–Crippen LogP) is 3.75. The van der Waals surface area contributed by atoms with Gasteiger partial charge in [-0.25, -0.2) is 0 Å². The second kappa shape index (κ2) is 6.92. The summed E-state index contributed by atoms with van der Waals surface area (Å²) >= 11 is 6.03. The maximum Gasteiger partial charge on any atom is 0.244 e. The van der Waals surface area contributed by atoms with E-state index in [1.54, 1.807) is 6.08 Å². The summed E-state index contributed by atoms with van der Waals surface area (Å²) in [6, 6.07) is 8.03. The van der Waals surface area contributed by atoms with Crippen molar-refractivity contribution in [2.24, 2.45) is 0 Å². The number of ketones is 1. The zero-order valence-corrected chi connectivity index (χ0v) is 16.6. The standard InChI is InChI=1S/C22H25ClN2O2/c1-15(2)25-10-9-24(14-16-3-6-19(23)7-4-16)22(21(25)27)12-17-5-8-20(26)11-18(17)13-22/h3-7,11,15H,8-10,12-14H2,1-2H3. The van der Waals surface area contributed by atoms with Crippen LogP contribution in [0.4, 0.5) is 0 Å². The first-order chi connectivity index (χ1) is 12.9. The fraction of sp³-hybridized carbons (Fsp3) is 0.455. The van der Waals surface area contributed by atoms with Crippen molar-refractivity contribution < 1.29 is 9.59 Å². The minimum Gasteiger partial charge on any atom is -0.337 e. The van der Waals surface area contributed by atoms with E-state index in [0.717, 1.165) is 29.2 Å². The van der Waals surface area contributed by atoms with Crippen molar-refractivity contribution in [3.8, 4) is 0 Å². The third-order valence-corrected chi connectivity index (χ3v) is 6.30. The molecule has 2 aliphatic carbocycles. The maximum absolute atomic E-state index is 13.6. The number of benzene rings is 1. The van der Waals surface area contributed by atoms with Gasteiger partial charge in [-0.15, -0.1) is 0 Å². The largest absolute Gasteiger partial charge is 0.337 e. The lowest BCUT2D eigenvalue weighted by Gasteiger charge is -2.49. The molecule has 27 heavy (non-hydrogen) atoms. The van der Waals surface area contributed by atoms with E-state index in [9.17, 15) is 9.59 Å². The molecule has 5 heteroatoms. The Labute approximate surface area is 165 Å². The van der Waals surface area contributed by atoms with Crippen LogP contribution in [0.1, 0.15) is 38.7 Å². The van der Waals surface area contributed by atoms with Gasteiger partial charge in [-0.05, 0) is 48.8 Å². The molecule has 0 N–H and O–H groups in total. The van der Waals surface area contributed by atoms with Crippen LogP contribution in [0, 0.1) is 0 Å². The van der Waals surface area contributed by atoms with Crippen LogP contribution in [0.15, 0.2) is 47.6 Å². The summed E-state index contributed by atoms with van der Waals surface area (Å²) in [6.45, 7) is 6.43. The molecule has 3 aliphatic rings. The fourth-order valence-electron chi connectivity index (χ4n) is 4.60. The molecule has 1 heterocycles. The van der Waals surface area contributed by atoms with Gasteiger partial charge in [0.1, 0.15) is 5.54 Å². The molecule has 1 amide bonds. The van der Waals surface area contributed by atoms with Gasteiger partial charge in [0.2, 0.25) is 5.91 Å². The monoisotopic (exact) mass is 384 g/mol. The number of piperazine rings is 1. The van der Waals surface area contributed by atoms with Gasteiger partial charge >= 0.3 is 0 Å². The highest BCUT2D eigenvalue weighted by Crippen LogP contribution is 2.47. The molecular weight excluding hydrogens is 360 g/mol. The zero-order valence-electron chi connectivity index (χ0n) is 15.9. The van der Waals surface area contributed by atoms with Crippen LogP contribution in [-0.4, -0.2) is 46.2 Å². The van der Waals surface area contributed by atoms with Crippen LogP contribution >= 0.6 is 11.6 Å². The van der Waals surface area contributed by atoms with Crippen molar-refractivity contribution >= 4 is 23.3 Å². The molecule has 142 valence electrons. The Balaban J connectivity index is 1.70. The zero-order chi connectivity index (χ0) is 19.2.